The second-order valence-electron chi connectivity index (χ2n) is 9.66. The van der Waals surface area contributed by atoms with Crippen LogP contribution in [-0.4, -0.2) is 39.1 Å². The third-order valence-electron chi connectivity index (χ3n) is 8.67. The Hall–Kier alpha value is -0.980. The molecule has 8 atom stereocenters. The van der Waals surface area contributed by atoms with Crippen molar-refractivity contribution in [1.29, 1.82) is 0 Å². The second-order valence-corrected chi connectivity index (χ2v) is 10.1. The number of rotatable bonds is 2. The standard InChI is InChI=1S/C21H28O5S/c1-19-8-11(10-22)15(23)7-12(19)3-4-13-14-5-6-21(26,18(25)27)20(14,2)9-16(24)17(13)19/h7,10-11,13-14,16-17,24,26H,3-6,8-9H2,1-2H3,(H,25,27)/t11?,13-,14-,16-,17+,19-,20-,21-/m0/s1. The Balaban J connectivity index is 1.76. The van der Waals surface area contributed by atoms with Crippen molar-refractivity contribution in [3.05, 3.63) is 11.6 Å². The molecule has 0 amide bonds. The lowest BCUT2D eigenvalue weighted by atomic mass is 9.45. The molecule has 0 heterocycles. The molecule has 0 aliphatic heterocycles. The van der Waals surface area contributed by atoms with Gasteiger partial charge in [-0.3, -0.25) is 9.59 Å². The number of aldehydes is 1. The zero-order valence-corrected chi connectivity index (χ0v) is 16.7. The molecule has 3 saturated carbocycles. The van der Waals surface area contributed by atoms with Crippen molar-refractivity contribution in [3.63, 3.8) is 0 Å². The number of allylic oxidation sites excluding steroid dienone is 1. The van der Waals surface area contributed by atoms with Gasteiger partial charge in [-0.25, -0.2) is 0 Å². The molecular weight excluding hydrogens is 364 g/mol. The maximum absolute atomic E-state index is 12.2. The number of aliphatic hydroxyl groups excluding tert-OH is 1. The van der Waals surface area contributed by atoms with E-state index in [0.717, 1.165) is 31.1 Å². The zero-order valence-electron chi connectivity index (χ0n) is 15.9. The summed E-state index contributed by atoms with van der Waals surface area (Å²) in [6.07, 6.45) is 5.17. The van der Waals surface area contributed by atoms with Crippen molar-refractivity contribution in [2.24, 2.45) is 34.5 Å². The van der Waals surface area contributed by atoms with E-state index in [2.05, 4.69) is 19.6 Å². The van der Waals surface area contributed by atoms with Gasteiger partial charge in [0.15, 0.2) is 5.78 Å². The third-order valence-corrected chi connectivity index (χ3v) is 9.04. The van der Waals surface area contributed by atoms with Gasteiger partial charge in [0.1, 0.15) is 11.9 Å². The van der Waals surface area contributed by atoms with Crippen molar-refractivity contribution in [1.82, 2.24) is 0 Å². The maximum atomic E-state index is 12.2. The van der Waals surface area contributed by atoms with Gasteiger partial charge in [-0.1, -0.05) is 19.4 Å². The molecule has 0 spiro atoms. The van der Waals surface area contributed by atoms with Gasteiger partial charge in [0.05, 0.1) is 12.0 Å². The fraction of sp³-hybridized carbons (Fsp3) is 0.762. The molecule has 4 rings (SSSR count). The van der Waals surface area contributed by atoms with E-state index in [1.165, 1.54) is 0 Å². The number of fused-ring (bicyclic) bond motifs is 5. The Kier molecular flexibility index (Phi) is 4.30. The topological polar surface area (TPSA) is 91.7 Å². The van der Waals surface area contributed by atoms with Crippen LogP contribution < -0.4 is 0 Å². The zero-order chi connectivity index (χ0) is 19.8. The third kappa shape index (κ3) is 2.36. The first-order valence-electron chi connectivity index (χ1n) is 9.92. The van der Waals surface area contributed by atoms with Gasteiger partial charge < -0.3 is 15.0 Å². The highest BCUT2D eigenvalue weighted by Crippen LogP contribution is 2.67. The highest BCUT2D eigenvalue weighted by Gasteiger charge is 2.68. The lowest BCUT2D eigenvalue weighted by Gasteiger charge is -2.60. The van der Waals surface area contributed by atoms with Gasteiger partial charge in [-0.05, 0) is 67.8 Å². The summed E-state index contributed by atoms with van der Waals surface area (Å²) >= 11 is 3.97. The number of aliphatic hydroxyl groups is 2. The van der Waals surface area contributed by atoms with Gasteiger partial charge in [-0.15, -0.1) is 12.6 Å². The molecule has 0 aromatic heterocycles. The number of hydrogen-bond acceptors (Lipinski definition) is 5. The number of ketones is 1. The van der Waals surface area contributed by atoms with E-state index in [0.29, 0.717) is 19.3 Å². The van der Waals surface area contributed by atoms with Gasteiger partial charge in [0.25, 0.3) is 0 Å². The lowest BCUT2D eigenvalue weighted by Crippen LogP contribution is -2.61. The summed E-state index contributed by atoms with van der Waals surface area (Å²) in [6.45, 7) is 4.00. The smallest absolute Gasteiger partial charge is 0.218 e. The highest BCUT2D eigenvalue weighted by molar-refractivity contribution is 7.96. The number of hydrogen-bond donors (Lipinski definition) is 3. The van der Waals surface area contributed by atoms with Crippen LogP contribution in [0, 0.1) is 34.5 Å². The van der Waals surface area contributed by atoms with E-state index < -0.39 is 33.6 Å². The molecule has 148 valence electrons. The molecule has 5 nitrogen and oxygen atoms in total. The quantitative estimate of drug-likeness (QED) is 0.380. The number of carbonyl (C=O) groups excluding carboxylic acids is 3. The van der Waals surface area contributed by atoms with Crippen LogP contribution in [0.25, 0.3) is 0 Å². The van der Waals surface area contributed by atoms with Crippen LogP contribution in [0.1, 0.15) is 52.4 Å². The van der Waals surface area contributed by atoms with Gasteiger partial charge in [-0.2, -0.15) is 0 Å². The molecule has 27 heavy (non-hydrogen) atoms. The van der Waals surface area contributed by atoms with Crippen LogP contribution >= 0.6 is 12.6 Å². The summed E-state index contributed by atoms with van der Waals surface area (Å²) in [5, 5.41) is 21.8. The molecule has 1 unspecified atom stereocenters. The minimum absolute atomic E-state index is 0.0662. The molecule has 4 aliphatic carbocycles. The van der Waals surface area contributed by atoms with Crippen molar-refractivity contribution in [3.8, 4) is 0 Å². The molecule has 3 fully saturated rings. The van der Waals surface area contributed by atoms with Gasteiger partial charge in [0.2, 0.25) is 5.12 Å². The summed E-state index contributed by atoms with van der Waals surface area (Å²) in [5.74, 6) is -0.552. The second kappa shape index (κ2) is 6.01. The number of carbonyl (C=O) groups is 3. The van der Waals surface area contributed by atoms with Gasteiger partial charge in [0, 0.05) is 5.41 Å². The van der Waals surface area contributed by atoms with Crippen LogP contribution in [0.3, 0.4) is 0 Å². The molecule has 2 N–H and O–H groups in total. The Bertz CT molecular complexity index is 747. The predicted molar refractivity (Wildman–Crippen MR) is 102 cm³/mol. The molecule has 0 bridgehead atoms. The first-order valence-corrected chi connectivity index (χ1v) is 10.4. The number of thiol groups is 1. The minimum Gasteiger partial charge on any atom is -0.393 e. The van der Waals surface area contributed by atoms with E-state index >= 15 is 0 Å². The minimum atomic E-state index is -1.50. The average Bonchev–Trinajstić information content (AvgIpc) is 2.87. The summed E-state index contributed by atoms with van der Waals surface area (Å²) in [6, 6.07) is 0. The lowest BCUT2D eigenvalue weighted by molar-refractivity contribution is -0.175. The molecule has 6 heteroatoms. The Morgan fingerprint density at radius 2 is 2.00 bits per heavy atom. The first kappa shape index (κ1) is 19.3. The molecular formula is C21H28O5S. The van der Waals surface area contributed by atoms with E-state index in [1.807, 2.05) is 6.92 Å². The Morgan fingerprint density at radius 1 is 1.30 bits per heavy atom. The summed E-state index contributed by atoms with van der Waals surface area (Å²) in [7, 11) is 0. The van der Waals surface area contributed by atoms with Crippen LogP contribution in [0.5, 0.6) is 0 Å². The molecule has 0 saturated heterocycles. The summed E-state index contributed by atoms with van der Waals surface area (Å²) in [5.41, 5.74) is -1.54. The van der Waals surface area contributed by atoms with Crippen LogP contribution in [0.15, 0.2) is 11.6 Å². The van der Waals surface area contributed by atoms with Crippen molar-refractivity contribution < 1.29 is 24.6 Å². The van der Waals surface area contributed by atoms with Crippen molar-refractivity contribution in [2.75, 3.05) is 0 Å². The fourth-order valence-electron chi connectivity index (χ4n) is 7.29. The fourth-order valence-corrected chi connectivity index (χ4v) is 7.65. The SMILES string of the molecule is C[C@]12CC(C=O)C(=O)C=C1CC[C@@H]1[C@@H]2[C@@H](O)C[C@@]2(C)[C@H]1CC[C@]2(O)C(=O)S. The van der Waals surface area contributed by atoms with Crippen molar-refractivity contribution in [2.45, 2.75) is 64.1 Å². The predicted octanol–water partition coefficient (Wildman–Crippen LogP) is 2.10. The van der Waals surface area contributed by atoms with Crippen LogP contribution in [-0.2, 0) is 14.4 Å². The van der Waals surface area contributed by atoms with E-state index in [4.69, 9.17) is 0 Å². The highest BCUT2D eigenvalue weighted by atomic mass is 32.1. The molecule has 0 aromatic rings. The van der Waals surface area contributed by atoms with Crippen LogP contribution in [0.4, 0.5) is 0 Å². The Labute approximate surface area is 165 Å². The van der Waals surface area contributed by atoms with E-state index in [9.17, 15) is 24.6 Å². The van der Waals surface area contributed by atoms with Crippen molar-refractivity contribution >= 4 is 29.8 Å². The van der Waals surface area contributed by atoms with Crippen LogP contribution in [0.2, 0.25) is 0 Å². The molecule has 4 aliphatic rings. The largest absolute Gasteiger partial charge is 0.393 e. The first-order chi connectivity index (χ1) is 12.6. The maximum Gasteiger partial charge on any atom is 0.218 e. The monoisotopic (exact) mass is 392 g/mol. The summed E-state index contributed by atoms with van der Waals surface area (Å²) in [4.78, 5) is 35.8. The van der Waals surface area contributed by atoms with Gasteiger partial charge >= 0.3 is 0 Å². The van der Waals surface area contributed by atoms with E-state index in [-0.39, 0.29) is 23.5 Å². The molecule has 0 aromatic carbocycles. The normalized spacial score (nSPS) is 51.7. The molecule has 0 radical (unpaired) electrons. The Morgan fingerprint density at radius 3 is 2.63 bits per heavy atom. The average molecular weight is 393 g/mol. The van der Waals surface area contributed by atoms with E-state index in [1.54, 1.807) is 6.08 Å². The summed E-state index contributed by atoms with van der Waals surface area (Å²) < 4.78 is 0.